The van der Waals surface area contributed by atoms with Crippen molar-refractivity contribution in [1.29, 1.82) is 0 Å². The topological polar surface area (TPSA) is 25.8 Å². The molecule has 0 fully saturated rings. The zero-order valence-electron chi connectivity index (χ0n) is 6.26. The monoisotopic (exact) mass is 216 g/mol. The van der Waals surface area contributed by atoms with Crippen LogP contribution in [0.3, 0.4) is 0 Å². The summed E-state index contributed by atoms with van der Waals surface area (Å²) >= 11 is 11.2. The minimum Gasteiger partial charge on any atom is -0.251 e. The van der Waals surface area contributed by atoms with Gasteiger partial charge in [0.25, 0.3) is 0 Å². The molecule has 0 amide bonds. The molecule has 1 heterocycles. The molecule has 0 spiro atoms. The molecule has 13 heavy (non-hydrogen) atoms. The molecule has 1 aromatic carbocycles. The number of nitrogens with zero attached hydrogens (tertiary/aromatic N) is 2. The lowest BCUT2D eigenvalue weighted by Gasteiger charge is -1.98. The molecule has 0 aliphatic rings. The summed E-state index contributed by atoms with van der Waals surface area (Å²) in [5, 5.41) is 0.277. The Morgan fingerprint density at radius 3 is 2.69 bits per heavy atom. The lowest BCUT2D eigenvalue weighted by atomic mass is 10.3. The normalized spacial score (nSPS) is 10.7. The fraction of sp³-hybridized carbons (Fsp3) is 0. The SMILES string of the molecule is Fc1cc2ncc(Cl)nc2cc1Cl. The van der Waals surface area contributed by atoms with Gasteiger partial charge in [-0.25, -0.2) is 9.37 Å². The van der Waals surface area contributed by atoms with Gasteiger partial charge in [0, 0.05) is 6.07 Å². The summed E-state index contributed by atoms with van der Waals surface area (Å²) < 4.78 is 12.9. The van der Waals surface area contributed by atoms with Crippen LogP contribution in [0, 0.1) is 5.82 Å². The number of halogens is 3. The van der Waals surface area contributed by atoms with Crippen LogP contribution in [0.15, 0.2) is 18.3 Å². The number of aromatic nitrogens is 2. The Bertz CT molecular complexity index is 473. The number of hydrogen-bond acceptors (Lipinski definition) is 2. The van der Waals surface area contributed by atoms with Crippen molar-refractivity contribution in [3.63, 3.8) is 0 Å². The molecule has 0 saturated heterocycles. The molecule has 2 rings (SSSR count). The lowest BCUT2D eigenvalue weighted by molar-refractivity contribution is 0.629. The van der Waals surface area contributed by atoms with Crippen LogP contribution >= 0.6 is 23.2 Å². The highest BCUT2D eigenvalue weighted by molar-refractivity contribution is 6.31. The van der Waals surface area contributed by atoms with Gasteiger partial charge in [-0.1, -0.05) is 23.2 Å². The van der Waals surface area contributed by atoms with Crippen molar-refractivity contribution in [2.24, 2.45) is 0 Å². The van der Waals surface area contributed by atoms with E-state index in [1.807, 2.05) is 0 Å². The standard InChI is InChI=1S/C8H3Cl2FN2/c9-4-1-7-6(2-5(4)11)12-3-8(10)13-7/h1-3H. The van der Waals surface area contributed by atoms with Crippen LogP contribution in [0.5, 0.6) is 0 Å². The van der Waals surface area contributed by atoms with Gasteiger partial charge in [-0.15, -0.1) is 0 Å². The van der Waals surface area contributed by atoms with Gasteiger partial charge in [0.1, 0.15) is 11.0 Å². The predicted molar refractivity (Wildman–Crippen MR) is 49.5 cm³/mol. The lowest BCUT2D eigenvalue weighted by Crippen LogP contribution is -1.86. The summed E-state index contributed by atoms with van der Waals surface area (Å²) in [6.07, 6.45) is 1.36. The van der Waals surface area contributed by atoms with Crippen LogP contribution in [0.2, 0.25) is 10.2 Å². The third kappa shape index (κ3) is 1.57. The molecule has 0 N–H and O–H groups in total. The molecule has 1 aromatic heterocycles. The second kappa shape index (κ2) is 3.09. The van der Waals surface area contributed by atoms with Crippen molar-refractivity contribution in [3.05, 3.63) is 34.3 Å². The largest absolute Gasteiger partial charge is 0.251 e. The number of rotatable bonds is 0. The van der Waals surface area contributed by atoms with E-state index >= 15 is 0 Å². The smallest absolute Gasteiger partial charge is 0.148 e. The highest BCUT2D eigenvalue weighted by Crippen LogP contribution is 2.20. The maximum Gasteiger partial charge on any atom is 0.148 e. The van der Waals surface area contributed by atoms with Crippen LogP contribution in [0.1, 0.15) is 0 Å². The quantitative estimate of drug-likeness (QED) is 0.677. The third-order valence-electron chi connectivity index (χ3n) is 1.55. The highest BCUT2D eigenvalue weighted by Gasteiger charge is 2.04. The van der Waals surface area contributed by atoms with Gasteiger partial charge in [0.2, 0.25) is 0 Å². The molecule has 0 saturated carbocycles. The van der Waals surface area contributed by atoms with Crippen molar-refractivity contribution in [3.8, 4) is 0 Å². The van der Waals surface area contributed by atoms with Gasteiger partial charge in [-0.2, -0.15) is 0 Å². The Balaban J connectivity index is 2.81. The fourth-order valence-corrected chi connectivity index (χ4v) is 1.28. The third-order valence-corrected chi connectivity index (χ3v) is 2.03. The van der Waals surface area contributed by atoms with E-state index in [0.29, 0.717) is 11.0 Å². The molecule has 0 aliphatic carbocycles. The molecule has 0 unspecified atom stereocenters. The van der Waals surface area contributed by atoms with E-state index in [1.165, 1.54) is 18.3 Å². The van der Waals surface area contributed by atoms with E-state index < -0.39 is 5.82 Å². The minimum atomic E-state index is -0.509. The molecule has 2 nitrogen and oxygen atoms in total. The van der Waals surface area contributed by atoms with Crippen LogP contribution in [-0.4, -0.2) is 9.97 Å². The van der Waals surface area contributed by atoms with E-state index in [0.717, 1.165) is 0 Å². The van der Waals surface area contributed by atoms with Gasteiger partial charge in [0.05, 0.1) is 22.3 Å². The van der Waals surface area contributed by atoms with E-state index in [2.05, 4.69) is 9.97 Å². The average Bonchev–Trinajstić information content (AvgIpc) is 2.08. The summed E-state index contributed by atoms with van der Waals surface area (Å²) in [4.78, 5) is 7.82. The minimum absolute atomic E-state index is 0.0177. The molecule has 2 aromatic rings. The molecule has 0 aliphatic heterocycles. The Kier molecular flexibility index (Phi) is 2.06. The Hall–Kier alpha value is -0.930. The van der Waals surface area contributed by atoms with Crippen molar-refractivity contribution in [2.75, 3.05) is 0 Å². The summed E-state index contributed by atoms with van der Waals surface area (Å²) in [6, 6.07) is 2.62. The summed E-state index contributed by atoms with van der Waals surface area (Å²) in [6.45, 7) is 0. The molecule has 0 atom stereocenters. The summed E-state index contributed by atoms with van der Waals surface area (Å²) in [5.74, 6) is -0.509. The highest BCUT2D eigenvalue weighted by atomic mass is 35.5. The maximum atomic E-state index is 12.9. The van der Waals surface area contributed by atoms with Crippen molar-refractivity contribution in [2.45, 2.75) is 0 Å². The summed E-state index contributed by atoms with van der Waals surface area (Å²) in [5.41, 5.74) is 0.921. The zero-order chi connectivity index (χ0) is 9.42. The Morgan fingerprint density at radius 2 is 1.92 bits per heavy atom. The van der Waals surface area contributed by atoms with Crippen molar-refractivity contribution in [1.82, 2.24) is 9.97 Å². The fourth-order valence-electron chi connectivity index (χ4n) is 0.986. The van der Waals surface area contributed by atoms with Crippen LogP contribution in [0.4, 0.5) is 4.39 Å². The van der Waals surface area contributed by atoms with Crippen LogP contribution in [0.25, 0.3) is 11.0 Å². The average molecular weight is 217 g/mol. The van der Waals surface area contributed by atoms with Crippen molar-refractivity contribution >= 4 is 34.2 Å². The van der Waals surface area contributed by atoms with Gasteiger partial charge >= 0.3 is 0 Å². The number of benzene rings is 1. The first-order chi connectivity index (χ1) is 6.16. The maximum absolute atomic E-state index is 12.9. The van der Waals surface area contributed by atoms with Gasteiger partial charge < -0.3 is 0 Å². The van der Waals surface area contributed by atoms with Gasteiger partial charge in [-0.3, -0.25) is 4.98 Å². The Morgan fingerprint density at radius 1 is 1.15 bits per heavy atom. The zero-order valence-corrected chi connectivity index (χ0v) is 7.77. The summed E-state index contributed by atoms with van der Waals surface area (Å²) in [7, 11) is 0. The van der Waals surface area contributed by atoms with E-state index in [1.54, 1.807) is 0 Å². The Labute approximate surface area is 83.3 Å². The second-order valence-corrected chi connectivity index (χ2v) is 3.24. The first-order valence-corrected chi connectivity index (χ1v) is 4.20. The van der Waals surface area contributed by atoms with Crippen LogP contribution < -0.4 is 0 Å². The van der Waals surface area contributed by atoms with Crippen LogP contribution in [-0.2, 0) is 0 Å². The molecule has 0 radical (unpaired) electrons. The molecular formula is C8H3Cl2FN2. The first-order valence-electron chi connectivity index (χ1n) is 3.44. The van der Waals surface area contributed by atoms with E-state index in [9.17, 15) is 4.39 Å². The number of hydrogen-bond donors (Lipinski definition) is 0. The predicted octanol–water partition coefficient (Wildman–Crippen LogP) is 3.08. The molecule has 0 bridgehead atoms. The van der Waals surface area contributed by atoms with Gasteiger partial charge in [0.15, 0.2) is 0 Å². The second-order valence-electron chi connectivity index (χ2n) is 2.45. The molecular weight excluding hydrogens is 214 g/mol. The van der Waals surface area contributed by atoms with E-state index in [-0.39, 0.29) is 10.2 Å². The molecule has 66 valence electrons. The molecule has 5 heteroatoms. The van der Waals surface area contributed by atoms with Gasteiger partial charge in [-0.05, 0) is 6.07 Å². The first kappa shape index (κ1) is 8.66. The van der Waals surface area contributed by atoms with E-state index in [4.69, 9.17) is 23.2 Å². The number of fused-ring (bicyclic) bond motifs is 1. The van der Waals surface area contributed by atoms with Crippen molar-refractivity contribution < 1.29 is 4.39 Å².